The van der Waals surface area contributed by atoms with Crippen molar-refractivity contribution >= 4 is 0 Å². The summed E-state index contributed by atoms with van der Waals surface area (Å²) in [5.41, 5.74) is 1.90. The highest BCUT2D eigenvalue weighted by Crippen LogP contribution is 2.60. The summed E-state index contributed by atoms with van der Waals surface area (Å²) in [6, 6.07) is 11.7. The quantitative estimate of drug-likeness (QED) is 0.932. The maximum atomic E-state index is 10.1. The molecule has 4 nitrogen and oxygen atoms in total. The van der Waals surface area contributed by atoms with Gasteiger partial charge in [-0.15, -0.1) is 0 Å². The van der Waals surface area contributed by atoms with Gasteiger partial charge < -0.3 is 19.3 Å². The number of phenols is 1. The minimum Gasteiger partial charge on any atom is -0.504 e. The number of phenolic OH excluding ortho intramolecular Hbond substituents is 1. The summed E-state index contributed by atoms with van der Waals surface area (Å²) in [5.74, 6) is 2.55. The topological polar surface area (TPSA) is 47.9 Å². The minimum absolute atomic E-state index is 0.173. The number of fused-ring (bicyclic) bond motifs is 3. The van der Waals surface area contributed by atoms with E-state index in [0.29, 0.717) is 5.75 Å². The average molecular weight is 312 g/mol. The lowest BCUT2D eigenvalue weighted by molar-refractivity contribution is 0.0838. The second-order valence-electron chi connectivity index (χ2n) is 6.23. The van der Waals surface area contributed by atoms with Crippen molar-refractivity contribution in [2.75, 3.05) is 14.2 Å². The molecule has 0 aromatic heterocycles. The van der Waals surface area contributed by atoms with Gasteiger partial charge in [-0.1, -0.05) is 12.1 Å². The highest BCUT2D eigenvalue weighted by molar-refractivity contribution is 5.56. The van der Waals surface area contributed by atoms with Crippen LogP contribution in [0, 0.1) is 0 Å². The number of benzene rings is 2. The molecule has 2 aromatic rings. The number of hydrogen-bond donors (Lipinski definition) is 1. The molecule has 1 saturated carbocycles. The van der Waals surface area contributed by atoms with E-state index in [1.54, 1.807) is 26.4 Å². The van der Waals surface area contributed by atoms with Crippen LogP contribution in [0.5, 0.6) is 23.0 Å². The molecule has 0 amide bonds. The van der Waals surface area contributed by atoms with Crippen LogP contribution in [0.3, 0.4) is 0 Å². The molecule has 0 unspecified atom stereocenters. The molecule has 2 aromatic carbocycles. The van der Waals surface area contributed by atoms with Crippen LogP contribution in [0.15, 0.2) is 36.4 Å². The van der Waals surface area contributed by atoms with Crippen molar-refractivity contribution in [3.05, 3.63) is 47.5 Å². The van der Waals surface area contributed by atoms with Crippen molar-refractivity contribution < 1.29 is 19.3 Å². The molecule has 1 heterocycles. The zero-order valence-electron chi connectivity index (χ0n) is 13.3. The first-order valence-electron chi connectivity index (χ1n) is 7.92. The molecular formula is C19H20O4. The summed E-state index contributed by atoms with van der Waals surface area (Å²) >= 11 is 0. The van der Waals surface area contributed by atoms with Gasteiger partial charge in [0, 0.05) is 17.5 Å². The molecule has 23 heavy (non-hydrogen) atoms. The fourth-order valence-electron chi connectivity index (χ4n) is 4.07. The van der Waals surface area contributed by atoms with Gasteiger partial charge >= 0.3 is 0 Å². The monoisotopic (exact) mass is 312 g/mol. The van der Waals surface area contributed by atoms with Gasteiger partial charge in [0.1, 0.15) is 17.1 Å². The van der Waals surface area contributed by atoms with Crippen molar-refractivity contribution in [1.29, 1.82) is 0 Å². The van der Waals surface area contributed by atoms with Crippen molar-refractivity contribution in [3.8, 4) is 23.0 Å². The van der Waals surface area contributed by atoms with Gasteiger partial charge in [0.25, 0.3) is 0 Å². The van der Waals surface area contributed by atoms with Crippen LogP contribution in [-0.4, -0.2) is 19.3 Å². The van der Waals surface area contributed by atoms with Gasteiger partial charge in [0.05, 0.1) is 14.2 Å². The molecule has 1 fully saturated rings. The summed E-state index contributed by atoms with van der Waals surface area (Å²) < 4.78 is 16.9. The summed E-state index contributed by atoms with van der Waals surface area (Å²) in [6.07, 6.45) is 3.15. The Hall–Kier alpha value is -2.36. The van der Waals surface area contributed by atoms with Crippen LogP contribution in [-0.2, 0) is 5.60 Å². The first-order chi connectivity index (χ1) is 11.2. The third-order valence-corrected chi connectivity index (χ3v) is 5.16. The number of aromatic hydroxyl groups is 1. The van der Waals surface area contributed by atoms with Crippen LogP contribution in [0.2, 0.25) is 0 Å². The van der Waals surface area contributed by atoms with Crippen LogP contribution in [0.1, 0.15) is 36.3 Å². The standard InChI is InChI=1S/C19H20O4/c1-21-13-7-5-12(6-8-13)19-9-3-4-15(19)14-10-16(20)18(22-2)11-17(14)23-19/h5-8,10-11,15,20H,3-4,9H2,1-2H3/t15-,19+/m0/s1. The Morgan fingerprint density at radius 2 is 1.91 bits per heavy atom. The van der Waals surface area contributed by atoms with E-state index in [1.165, 1.54) is 0 Å². The molecule has 120 valence electrons. The van der Waals surface area contributed by atoms with Crippen molar-refractivity contribution in [1.82, 2.24) is 0 Å². The molecule has 0 bridgehead atoms. The first kappa shape index (κ1) is 14.2. The lowest BCUT2D eigenvalue weighted by Gasteiger charge is -2.29. The lowest BCUT2D eigenvalue weighted by atomic mass is 9.82. The fraction of sp³-hybridized carbons (Fsp3) is 0.368. The second-order valence-corrected chi connectivity index (χ2v) is 6.23. The van der Waals surface area contributed by atoms with Gasteiger partial charge in [0.15, 0.2) is 11.5 Å². The van der Waals surface area contributed by atoms with Crippen LogP contribution < -0.4 is 14.2 Å². The zero-order valence-corrected chi connectivity index (χ0v) is 13.3. The molecule has 2 aliphatic rings. The molecule has 0 radical (unpaired) electrons. The zero-order chi connectivity index (χ0) is 16.0. The molecule has 1 N–H and O–H groups in total. The molecule has 1 aliphatic carbocycles. The summed E-state index contributed by atoms with van der Waals surface area (Å²) in [7, 11) is 3.22. The molecule has 0 spiro atoms. The Morgan fingerprint density at radius 3 is 2.61 bits per heavy atom. The Morgan fingerprint density at radius 1 is 1.13 bits per heavy atom. The third-order valence-electron chi connectivity index (χ3n) is 5.16. The molecule has 2 atom stereocenters. The SMILES string of the molecule is COc1ccc([C@]23CCC[C@H]2c2cc(O)c(OC)cc2O3)cc1. The van der Waals surface area contributed by atoms with Crippen molar-refractivity contribution in [3.63, 3.8) is 0 Å². The third kappa shape index (κ3) is 1.97. The molecule has 0 saturated heterocycles. The van der Waals surface area contributed by atoms with Gasteiger partial charge in [-0.3, -0.25) is 0 Å². The average Bonchev–Trinajstić information content (AvgIpc) is 3.12. The van der Waals surface area contributed by atoms with E-state index >= 15 is 0 Å². The van der Waals surface area contributed by atoms with E-state index in [2.05, 4.69) is 12.1 Å². The van der Waals surface area contributed by atoms with E-state index < -0.39 is 0 Å². The second kappa shape index (κ2) is 5.08. The Kier molecular flexibility index (Phi) is 3.15. The summed E-state index contributed by atoms with van der Waals surface area (Å²) in [4.78, 5) is 0. The first-order valence-corrected chi connectivity index (χ1v) is 7.92. The highest BCUT2D eigenvalue weighted by atomic mass is 16.5. The smallest absolute Gasteiger partial charge is 0.164 e. The van der Waals surface area contributed by atoms with E-state index in [0.717, 1.165) is 41.9 Å². The largest absolute Gasteiger partial charge is 0.504 e. The molecule has 1 aliphatic heterocycles. The normalized spacial score (nSPS) is 24.7. The minimum atomic E-state index is -0.340. The molecule has 4 heteroatoms. The lowest BCUT2D eigenvalue weighted by Crippen LogP contribution is -2.30. The van der Waals surface area contributed by atoms with Gasteiger partial charge in [-0.2, -0.15) is 0 Å². The maximum absolute atomic E-state index is 10.1. The molecular weight excluding hydrogens is 292 g/mol. The van der Waals surface area contributed by atoms with Crippen molar-refractivity contribution in [2.45, 2.75) is 30.8 Å². The van der Waals surface area contributed by atoms with Crippen LogP contribution in [0.25, 0.3) is 0 Å². The van der Waals surface area contributed by atoms with Gasteiger partial charge in [0.2, 0.25) is 0 Å². The van der Waals surface area contributed by atoms with Crippen LogP contribution >= 0.6 is 0 Å². The van der Waals surface area contributed by atoms with E-state index in [1.807, 2.05) is 12.1 Å². The Bertz CT molecular complexity index is 738. The molecule has 4 rings (SSSR count). The Balaban J connectivity index is 1.79. The van der Waals surface area contributed by atoms with E-state index in [-0.39, 0.29) is 17.3 Å². The fourth-order valence-corrected chi connectivity index (χ4v) is 4.07. The van der Waals surface area contributed by atoms with E-state index in [9.17, 15) is 5.11 Å². The van der Waals surface area contributed by atoms with Crippen LogP contribution in [0.4, 0.5) is 0 Å². The van der Waals surface area contributed by atoms with Gasteiger partial charge in [-0.05, 0) is 43.0 Å². The number of methoxy groups -OCH3 is 2. The number of ether oxygens (including phenoxy) is 3. The summed E-state index contributed by atoms with van der Waals surface area (Å²) in [6.45, 7) is 0. The number of hydrogen-bond acceptors (Lipinski definition) is 4. The van der Waals surface area contributed by atoms with Crippen molar-refractivity contribution in [2.24, 2.45) is 0 Å². The highest BCUT2D eigenvalue weighted by Gasteiger charge is 2.53. The maximum Gasteiger partial charge on any atom is 0.164 e. The predicted octanol–water partition coefficient (Wildman–Crippen LogP) is 3.96. The Labute approximate surface area is 135 Å². The van der Waals surface area contributed by atoms with Gasteiger partial charge in [-0.25, -0.2) is 0 Å². The summed E-state index contributed by atoms with van der Waals surface area (Å²) in [5, 5.41) is 10.1. The van der Waals surface area contributed by atoms with E-state index in [4.69, 9.17) is 14.2 Å². The number of rotatable bonds is 3. The predicted molar refractivity (Wildman–Crippen MR) is 86.6 cm³/mol.